The van der Waals surface area contributed by atoms with Gasteiger partial charge in [-0.1, -0.05) is 32.4 Å². The van der Waals surface area contributed by atoms with Gasteiger partial charge in [-0.2, -0.15) is 0 Å². The highest BCUT2D eigenvalue weighted by Crippen LogP contribution is 2.46. The van der Waals surface area contributed by atoms with Crippen molar-refractivity contribution in [2.75, 3.05) is 46.4 Å². The minimum absolute atomic E-state index is 0.0184. The molecule has 3 aliphatic rings. The number of ether oxygens (including phenoxy) is 1. The van der Waals surface area contributed by atoms with E-state index in [0.717, 1.165) is 56.7 Å². The number of carbonyl (C=O) groups excluding carboxylic acids is 1. The molecule has 3 heterocycles. The molecule has 1 unspecified atom stereocenters. The van der Waals surface area contributed by atoms with E-state index in [1.165, 1.54) is 12.7 Å². The number of pyridine rings is 1. The molecule has 1 aromatic heterocycles. The Labute approximate surface area is 269 Å². The zero-order valence-corrected chi connectivity index (χ0v) is 29.9. The first kappa shape index (κ1) is 35.0. The fraction of sp³-hybridized carbons (Fsp3) is 0.750. The topological polar surface area (TPSA) is 123 Å². The molecule has 3 N–H and O–H groups in total. The van der Waals surface area contributed by atoms with Crippen LogP contribution in [0, 0.1) is 17.7 Å². The number of likely N-dealkylation sites (tertiary alicyclic amines) is 1. The maximum absolute atomic E-state index is 13.5. The minimum atomic E-state index is -1.85. The van der Waals surface area contributed by atoms with Gasteiger partial charge < -0.3 is 19.6 Å². The molecule has 1 amide bonds. The van der Waals surface area contributed by atoms with Gasteiger partial charge in [-0.15, -0.1) is 0 Å². The Morgan fingerprint density at radius 3 is 2.52 bits per heavy atom. The van der Waals surface area contributed by atoms with Gasteiger partial charge in [0, 0.05) is 51.3 Å². The summed E-state index contributed by atoms with van der Waals surface area (Å²) in [5.41, 5.74) is 4.00. The molecule has 1 aromatic rings. The van der Waals surface area contributed by atoms with Gasteiger partial charge in [-0.3, -0.25) is 25.0 Å². The Hall–Kier alpha value is -1.89. The van der Waals surface area contributed by atoms with Gasteiger partial charge in [-0.25, -0.2) is 4.98 Å². The lowest BCUT2D eigenvalue weighted by Gasteiger charge is -2.46. The zero-order valence-electron chi connectivity index (χ0n) is 28.1. The number of halogens is 1. The van der Waals surface area contributed by atoms with E-state index in [0.29, 0.717) is 24.5 Å². The third-order valence-corrected chi connectivity index (χ3v) is 15.0. The van der Waals surface area contributed by atoms with Gasteiger partial charge >= 0.3 is 0 Å². The van der Waals surface area contributed by atoms with Crippen LogP contribution in [0.4, 0.5) is 0 Å². The molecule has 246 valence electrons. The number of aromatic nitrogens is 1. The van der Waals surface area contributed by atoms with Crippen LogP contribution in [0.25, 0.3) is 0 Å². The molecular weight excluding hydrogens is 596 g/mol. The summed E-state index contributed by atoms with van der Waals surface area (Å²) < 4.78 is 11.8. The number of amides is 1. The van der Waals surface area contributed by atoms with Crippen molar-refractivity contribution in [1.29, 1.82) is 5.41 Å². The van der Waals surface area contributed by atoms with Gasteiger partial charge in [-0.05, 0) is 75.4 Å². The zero-order chi connectivity index (χ0) is 32.7. The van der Waals surface area contributed by atoms with Crippen LogP contribution in [0.15, 0.2) is 11.1 Å². The highest BCUT2D eigenvalue weighted by atomic mass is 35.5. The average Bonchev–Trinajstić information content (AvgIpc) is 3.69. The summed E-state index contributed by atoms with van der Waals surface area (Å²) in [6.07, 6.45) is 3.18. The molecule has 2 aliphatic heterocycles. The second-order valence-corrected chi connectivity index (χ2v) is 20.4. The normalized spacial score (nSPS) is 21.6. The second kappa shape index (κ2) is 13.1. The lowest BCUT2D eigenvalue weighted by molar-refractivity contribution is 0.0212. The third kappa shape index (κ3) is 8.08. The van der Waals surface area contributed by atoms with Crippen molar-refractivity contribution in [1.82, 2.24) is 20.1 Å². The lowest BCUT2D eigenvalue weighted by Crippen LogP contribution is -2.59. The van der Waals surface area contributed by atoms with E-state index in [9.17, 15) is 9.90 Å². The standard InChI is InChI=1S/C32H53ClN6O4Si/c1-21-14-25(36-26-17-38(13-10-24(21)26)19-32(20-40)11-12-32)29(41)37-31(6,33)22(2)35-27(28(34)42-7)18-39-15-23(16-39)43-44(8,9)30(3,4)5/h14,22-23,34,40H,10-13,15-20H2,1-9H3,(H,37,41)/t22?,31-/m1/s1. The van der Waals surface area contributed by atoms with Crippen LogP contribution < -0.4 is 5.32 Å². The second-order valence-electron chi connectivity index (χ2n) is 14.9. The largest absolute Gasteiger partial charge is 0.480 e. The first-order valence-electron chi connectivity index (χ1n) is 15.8. The summed E-state index contributed by atoms with van der Waals surface area (Å²) >= 11 is 6.91. The fourth-order valence-electron chi connectivity index (χ4n) is 5.63. The number of methoxy groups -OCH3 is 1. The van der Waals surface area contributed by atoms with Crippen molar-refractivity contribution < 1.29 is 19.1 Å². The molecule has 0 bridgehead atoms. The predicted molar refractivity (Wildman–Crippen MR) is 179 cm³/mol. The van der Waals surface area contributed by atoms with E-state index in [2.05, 4.69) is 49.0 Å². The summed E-state index contributed by atoms with van der Waals surface area (Å²) in [5, 5.41) is 21.2. The molecule has 44 heavy (non-hydrogen) atoms. The Morgan fingerprint density at radius 1 is 1.30 bits per heavy atom. The monoisotopic (exact) mass is 648 g/mol. The molecule has 10 nitrogen and oxygen atoms in total. The summed E-state index contributed by atoms with van der Waals surface area (Å²) in [6.45, 7) is 21.5. The first-order chi connectivity index (χ1) is 20.4. The number of carbonyl (C=O) groups is 1. The highest BCUT2D eigenvalue weighted by molar-refractivity contribution is 6.74. The first-order valence-corrected chi connectivity index (χ1v) is 19.1. The number of alkyl halides is 1. The van der Waals surface area contributed by atoms with Gasteiger partial charge in [0.05, 0.1) is 24.9 Å². The summed E-state index contributed by atoms with van der Waals surface area (Å²) in [4.78, 5) is 26.3. The number of nitrogens with zero attached hydrogens (tertiary/aromatic N) is 4. The molecule has 4 rings (SSSR count). The van der Waals surface area contributed by atoms with Crippen LogP contribution >= 0.6 is 11.6 Å². The van der Waals surface area contributed by atoms with Gasteiger partial charge in [0.15, 0.2) is 8.32 Å². The van der Waals surface area contributed by atoms with Crippen molar-refractivity contribution in [2.24, 2.45) is 10.4 Å². The number of aliphatic imine (C=N–C) groups is 1. The van der Waals surface area contributed by atoms with Crippen molar-refractivity contribution in [3.05, 3.63) is 28.6 Å². The maximum Gasteiger partial charge on any atom is 0.271 e. The van der Waals surface area contributed by atoms with Crippen LogP contribution in [-0.2, 0) is 22.1 Å². The Bertz CT molecular complexity index is 1270. The molecule has 0 spiro atoms. The number of hydrogen-bond donors (Lipinski definition) is 3. The molecule has 0 radical (unpaired) electrons. The van der Waals surface area contributed by atoms with Gasteiger partial charge in [0.2, 0.25) is 5.90 Å². The minimum Gasteiger partial charge on any atom is -0.480 e. The number of fused-ring (bicyclic) bond motifs is 1. The molecule has 1 aliphatic carbocycles. The number of rotatable bonds is 12. The Balaban J connectivity index is 1.39. The molecule has 1 saturated heterocycles. The number of aliphatic hydroxyl groups is 1. The molecule has 0 aromatic carbocycles. The van der Waals surface area contributed by atoms with Crippen LogP contribution in [0.5, 0.6) is 0 Å². The van der Waals surface area contributed by atoms with E-state index in [4.69, 9.17) is 36.1 Å². The van der Waals surface area contributed by atoms with E-state index < -0.39 is 19.4 Å². The summed E-state index contributed by atoms with van der Waals surface area (Å²) in [7, 11) is -0.392. The van der Waals surface area contributed by atoms with Crippen molar-refractivity contribution >= 4 is 37.4 Å². The van der Waals surface area contributed by atoms with E-state index in [1.54, 1.807) is 6.92 Å². The number of hydrogen-bond acceptors (Lipinski definition) is 9. The number of nitrogens with one attached hydrogen (secondary N) is 2. The van der Waals surface area contributed by atoms with E-state index in [1.807, 2.05) is 19.9 Å². The fourth-order valence-corrected chi connectivity index (χ4v) is 7.10. The van der Waals surface area contributed by atoms with Crippen molar-refractivity contribution in [3.63, 3.8) is 0 Å². The predicted octanol–water partition coefficient (Wildman–Crippen LogP) is 4.36. The molecule has 12 heteroatoms. The summed E-state index contributed by atoms with van der Waals surface area (Å²) in [6, 6.07) is 1.28. The Morgan fingerprint density at radius 2 is 1.95 bits per heavy atom. The van der Waals surface area contributed by atoms with Gasteiger partial charge in [0.25, 0.3) is 5.91 Å². The SMILES string of the molecule is COC(=N)C(CN1CC(O[Si](C)(C)C(C)(C)C)C1)=NC(C)[C@](C)(Cl)NC(=O)c1cc(C)c2c(n1)CN(CC1(CO)CC1)CC2. The molecular formula is C32H53ClN6O4Si. The van der Waals surface area contributed by atoms with E-state index in [-0.39, 0.29) is 35.0 Å². The van der Waals surface area contributed by atoms with Crippen LogP contribution in [0.1, 0.15) is 74.8 Å². The smallest absolute Gasteiger partial charge is 0.271 e. The lowest BCUT2D eigenvalue weighted by atomic mass is 9.97. The average molecular weight is 649 g/mol. The van der Waals surface area contributed by atoms with E-state index >= 15 is 0 Å². The van der Waals surface area contributed by atoms with Crippen LogP contribution in [0.2, 0.25) is 18.1 Å². The molecule has 2 fully saturated rings. The molecule has 1 saturated carbocycles. The number of aliphatic hydroxyl groups excluding tert-OH is 1. The quantitative estimate of drug-likeness (QED) is 0.101. The van der Waals surface area contributed by atoms with Crippen molar-refractivity contribution in [3.8, 4) is 0 Å². The maximum atomic E-state index is 13.5. The van der Waals surface area contributed by atoms with Crippen LogP contribution in [-0.4, -0.2) is 109 Å². The molecule has 2 atom stereocenters. The highest BCUT2D eigenvalue weighted by Gasteiger charge is 2.44. The number of aryl methyl sites for hydroxylation is 1. The third-order valence-electron chi connectivity index (χ3n) is 10.1. The van der Waals surface area contributed by atoms with Crippen LogP contribution in [0.3, 0.4) is 0 Å². The Kier molecular flexibility index (Phi) is 10.4. The summed E-state index contributed by atoms with van der Waals surface area (Å²) in [5.74, 6) is -0.381. The van der Waals surface area contributed by atoms with Gasteiger partial charge in [0.1, 0.15) is 16.4 Å². The van der Waals surface area contributed by atoms with Crippen molar-refractivity contribution in [2.45, 2.75) is 103 Å².